The molecule has 0 fully saturated rings. The first-order valence-electron chi connectivity index (χ1n) is 9.30. The average molecular weight is 483 g/mol. The molecule has 0 saturated carbocycles. The fourth-order valence-corrected chi connectivity index (χ4v) is 4.74. The molecule has 3 rings (SSSR count). The molecule has 0 unspecified atom stereocenters. The van der Waals surface area contributed by atoms with Crippen LogP contribution in [0.2, 0.25) is 10.0 Å². The van der Waals surface area contributed by atoms with Gasteiger partial charge in [-0.05, 0) is 55.8 Å². The van der Waals surface area contributed by atoms with Gasteiger partial charge in [-0.25, -0.2) is 0 Å². The van der Waals surface area contributed by atoms with Gasteiger partial charge < -0.3 is 9.47 Å². The number of aromatic nitrogens is 3. The Balaban J connectivity index is 1.98. The SMILES string of the molecule is CCOc1c(Cl)cc([C@@H](C[N+](=O)[O-])Sc2nnc(C)n2-c2ccc(OC)cc2)cc1Cl. The summed E-state index contributed by atoms with van der Waals surface area (Å²) in [4.78, 5) is 11.0. The standard InChI is InChI=1S/C20H20Cl2N4O4S/c1-4-30-19-16(21)9-13(10-17(19)22)18(11-25(27)28)31-20-24-23-12(2)26(20)14-5-7-15(29-3)8-6-14/h5-10,18H,4,11H2,1-3H3/t18-/m1/s1. The van der Waals surface area contributed by atoms with Crippen LogP contribution in [0.3, 0.4) is 0 Å². The van der Waals surface area contributed by atoms with Crippen molar-refractivity contribution in [2.75, 3.05) is 20.3 Å². The second-order valence-corrected chi connectivity index (χ2v) is 8.42. The van der Waals surface area contributed by atoms with Crippen LogP contribution >= 0.6 is 35.0 Å². The first kappa shape index (κ1) is 23.2. The molecule has 0 saturated heterocycles. The van der Waals surface area contributed by atoms with Gasteiger partial charge in [0, 0.05) is 10.6 Å². The number of aryl methyl sites for hydroxylation is 1. The molecular formula is C20H20Cl2N4O4S. The predicted molar refractivity (Wildman–Crippen MR) is 121 cm³/mol. The minimum Gasteiger partial charge on any atom is -0.497 e. The van der Waals surface area contributed by atoms with E-state index in [-0.39, 0.29) is 11.5 Å². The van der Waals surface area contributed by atoms with Crippen LogP contribution in [0.25, 0.3) is 5.69 Å². The third-order valence-corrected chi connectivity index (χ3v) is 6.11. The highest BCUT2D eigenvalue weighted by molar-refractivity contribution is 7.99. The lowest BCUT2D eigenvalue weighted by molar-refractivity contribution is -0.479. The third-order valence-electron chi connectivity index (χ3n) is 4.37. The van der Waals surface area contributed by atoms with Crippen LogP contribution in [-0.2, 0) is 0 Å². The maximum atomic E-state index is 11.4. The topological polar surface area (TPSA) is 92.3 Å². The molecule has 3 aromatic rings. The summed E-state index contributed by atoms with van der Waals surface area (Å²) in [7, 11) is 1.59. The first-order valence-corrected chi connectivity index (χ1v) is 10.9. The van der Waals surface area contributed by atoms with Gasteiger partial charge in [-0.1, -0.05) is 35.0 Å². The maximum Gasteiger partial charge on any atom is 0.220 e. The van der Waals surface area contributed by atoms with E-state index in [4.69, 9.17) is 32.7 Å². The highest BCUT2D eigenvalue weighted by atomic mass is 35.5. The molecule has 8 nitrogen and oxygen atoms in total. The van der Waals surface area contributed by atoms with Crippen LogP contribution in [0.4, 0.5) is 0 Å². The molecule has 1 atom stereocenters. The van der Waals surface area contributed by atoms with Gasteiger partial charge in [-0.2, -0.15) is 0 Å². The van der Waals surface area contributed by atoms with Crippen molar-refractivity contribution in [1.82, 2.24) is 14.8 Å². The van der Waals surface area contributed by atoms with Crippen LogP contribution in [0.5, 0.6) is 11.5 Å². The highest BCUT2D eigenvalue weighted by Crippen LogP contribution is 2.41. The van der Waals surface area contributed by atoms with Crippen molar-refractivity contribution in [3.63, 3.8) is 0 Å². The van der Waals surface area contributed by atoms with Gasteiger partial charge in [0.05, 0.1) is 23.8 Å². The molecule has 164 valence electrons. The smallest absolute Gasteiger partial charge is 0.220 e. The van der Waals surface area contributed by atoms with Gasteiger partial charge in [0.2, 0.25) is 6.54 Å². The number of methoxy groups -OCH3 is 1. The zero-order valence-corrected chi connectivity index (χ0v) is 19.4. The van der Waals surface area contributed by atoms with Crippen LogP contribution in [0.15, 0.2) is 41.6 Å². The minimum atomic E-state index is -0.596. The number of benzene rings is 2. The van der Waals surface area contributed by atoms with E-state index in [9.17, 15) is 10.1 Å². The number of rotatable bonds is 9. The quantitative estimate of drug-likeness (QED) is 0.229. The van der Waals surface area contributed by atoms with E-state index in [0.29, 0.717) is 44.7 Å². The van der Waals surface area contributed by atoms with Gasteiger partial charge in [-0.3, -0.25) is 14.7 Å². The first-order chi connectivity index (χ1) is 14.8. The summed E-state index contributed by atoms with van der Waals surface area (Å²) in [6, 6.07) is 10.7. The zero-order chi connectivity index (χ0) is 22.5. The average Bonchev–Trinajstić information content (AvgIpc) is 3.09. The third kappa shape index (κ3) is 5.41. The van der Waals surface area contributed by atoms with E-state index in [0.717, 1.165) is 5.69 Å². The van der Waals surface area contributed by atoms with E-state index in [2.05, 4.69) is 10.2 Å². The van der Waals surface area contributed by atoms with Gasteiger partial charge >= 0.3 is 0 Å². The van der Waals surface area contributed by atoms with Crippen LogP contribution < -0.4 is 9.47 Å². The lowest BCUT2D eigenvalue weighted by atomic mass is 10.1. The number of nitrogens with zero attached hydrogens (tertiary/aromatic N) is 4. The number of halogens is 2. The predicted octanol–water partition coefficient (Wildman–Crippen LogP) is 5.40. The van der Waals surface area contributed by atoms with Crippen LogP contribution in [0.1, 0.15) is 23.6 Å². The Morgan fingerprint density at radius 2 is 1.84 bits per heavy atom. The second-order valence-electron chi connectivity index (χ2n) is 6.43. The molecular weight excluding hydrogens is 463 g/mol. The Morgan fingerprint density at radius 1 is 1.19 bits per heavy atom. The molecule has 1 heterocycles. The zero-order valence-electron chi connectivity index (χ0n) is 17.0. The molecule has 0 N–H and O–H groups in total. The second kappa shape index (κ2) is 10.2. The number of hydrogen-bond acceptors (Lipinski definition) is 7. The lowest BCUT2D eigenvalue weighted by Crippen LogP contribution is -2.11. The van der Waals surface area contributed by atoms with E-state index in [1.54, 1.807) is 19.2 Å². The molecule has 0 bridgehead atoms. The Hall–Kier alpha value is -2.49. The monoisotopic (exact) mass is 482 g/mol. The summed E-state index contributed by atoms with van der Waals surface area (Å²) in [6.07, 6.45) is 0. The Bertz CT molecular complexity index is 1050. The molecule has 1 aromatic heterocycles. The number of ether oxygens (including phenoxy) is 2. The van der Waals surface area contributed by atoms with Crippen molar-refractivity contribution in [3.8, 4) is 17.2 Å². The van der Waals surface area contributed by atoms with Crippen molar-refractivity contribution >= 4 is 35.0 Å². The largest absolute Gasteiger partial charge is 0.497 e. The molecule has 0 amide bonds. The molecule has 2 aromatic carbocycles. The molecule has 0 aliphatic carbocycles. The molecule has 0 radical (unpaired) electrons. The molecule has 31 heavy (non-hydrogen) atoms. The summed E-state index contributed by atoms with van der Waals surface area (Å²) in [5, 5.41) is 20.3. The van der Waals surface area contributed by atoms with Gasteiger partial charge in [0.15, 0.2) is 10.9 Å². The summed E-state index contributed by atoms with van der Waals surface area (Å²) in [5.74, 6) is 1.72. The van der Waals surface area contributed by atoms with Crippen molar-refractivity contribution in [3.05, 3.63) is 67.9 Å². The van der Waals surface area contributed by atoms with E-state index in [1.807, 2.05) is 42.7 Å². The van der Waals surface area contributed by atoms with Gasteiger partial charge in [-0.15, -0.1) is 10.2 Å². The van der Waals surface area contributed by atoms with Crippen LogP contribution in [0, 0.1) is 17.0 Å². The highest BCUT2D eigenvalue weighted by Gasteiger charge is 2.25. The van der Waals surface area contributed by atoms with E-state index < -0.39 is 5.25 Å². The summed E-state index contributed by atoms with van der Waals surface area (Å²) < 4.78 is 12.5. The Labute approximate surface area is 193 Å². The maximum absolute atomic E-state index is 11.4. The van der Waals surface area contributed by atoms with Gasteiger partial charge in [0.1, 0.15) is 16.8 Å². The molecule has 0 spiro atoms. The summed E-state index contributed by atoms with van der Waals surface area (Å²) in [5.41, 5.74) is 1.41. The van der Waals surface area contributed by atoms with Crippen molar-refractivity contribution < 1.29 is 14.4 Å². The number of nitro groups is 1. The molecule has 0 aliphatic rings. The fourth-order valence-electron chi connectivity index (χ4n) is 2.97. The van der Waals surface area contributed by atoms with E-state index >= 15 is 0 Å². The fraction of sp³-hybridized carbons (Fsp3) is 0.300. The Morgan fingerprint density at radius 3 is 2.39 bits per heavy atom. The van der Waals surface area contributed by atoms with Crippen molar-refractivity contribution in [2.45, 2.75) is 24.3 Å². The minimum absolute atomic E-state index is 0.297. The summed E-state index contributed by atoms with van der Waals surface area (Å²) in [6.45, 7) is 3.69. The van der Waals surface area contributed by atoms with Gasteiger partial charge in [0.25, 0.3) is 0 Å². The number of thioether (sulfide) groups is 1. The van der Waals surface area contributed by atoms with Crippen molar-refractivity contribution in [1.29, 1.82) is 0 Å². The summed E-state index contributed by atoms with van der Waals surface area (Å²) >= 11 is 13.9. The van der Waals surface area contributed by atoms with Crippen molar-refractivity contribution in [2.24, 2.45) is 0 Å². The molecule has 11 heteroatoms. The van der Waals surface area contributed by atoms with Crippen LogP contribution in [-0.4, -0.2) is 39.9 Å². The molecule has 0 aliphatic heterocycles. The lowest BCUT2D eigenvalue weighted by Gasteiger charge is -2.16. The van der Waals surface area contributed by atoms with E-state index in [1.165, 1.54) is 11.8 Å². The number of hydrogen-bond donors (Lipinski definition) is 0. The normalized spacial score (nSPS) is 11.9. The Kier molecular flexibility index (Phi) is 7.64.